The third kappa shape index (κ3) is 2.88. The van der Waals surface area contributed by atoms with Gasteiger partial charge in [-0.3, -0.25) is 4.79 Å². The van der Waals surface area contributed by atoms with Crippen molar-refractivity contribution in [2.24, 2.45) is 5.41 Å². The predicted molar refractivity (Wildman–Crippen MR) is 105 cm³/mol. The number of hydrogen-bond acceptors (Lipinski definition) is 6. The van der Waals surface area contributed by atoms with Crippen LogP contribution in [0.1, 0.15) is 50.9 Å². The number of anilines is 1. The lowest BCUT2D eigenvalue weighted by Crippen LogP contribution is -2.32. The van der Waals surface area contributed by atoms with Crippen LogP contribution in [0.15, 0.2) is 29.4 Å². The molecule has 1 N–H and O–H groups in total. The number of fused-ring (bicyclic) bond motifs is 5. The van der Waals surface area contributed by atoms with E-state index in [-0.39, 0.29) is 22.5 Å². The fraction of sp³-hybridized carbons (Fsp3) is 0.500. The average Bonchev–Trinajstić information content (AvgIpc) is 2.99. The lowest BCUT2D eigenvalue weighted by molar-refractivity contribution is -0.113. The third-order valence-electron chi connectivity index (χ3n) is 6.46. The molecule has 0 saturated heterocycles. The minimum absolute atomic E-state index is 0.0428. The normalized spacial score (nSPS) is 24.5. The van der Waals surface area contributed by atoms with Crippen molar-refractivity contribution in [3.8, 4) is 5.75 Å². The van der Waals surface area contributed by atoms with Gasteiger partial charge >= 0.3 is 0 Å². The molecule has 2 atom stereocenters. The molecular weight excluding hydrogens is 360 g/mol. The topological polar surface area (TPSA) is 77.0 Å². The number of thioether (sulfide) groups is 1. The highest BCUT2D eigenvalue weighted by molar-refractivity contribution is 7.99. The summed E-state index contributed by atoms with van der Waals surface area (Å²) in [6.45, 7) is 6.91. The second-order valence-electron chi connectivity index (χ2n) is 8.04. The van der Waals surface area contributed by atoms with Crippen LogP contribution in [-0.4, -0.2) is 34.0 Å². The lowest BCUT2D eigenvalue weighted by atomic mass is 9.70. The van der Waals surface area contributed by atoms with E-state index in [4.69, 9.17) is 9.72 Å². The number of carbonyl (C=O) groups excluding carboxylic acids is 1. The second kappa shape index (κ2) is 6.48. The van der Waals surface area contributed by atoms with Crippen LogP contribution in [0, 0.1) is 5.41 Å². The molecular formula is C20H24N4O2S. The van der Waals surface area contributed by atoms with Gasteiger partial charge in [-0.1, -0.05) is 38.6 Å². The molecule has 1 amide bonds. The summed E-state index contributed by atoms with van der Waals surface area (Å²) in [6.07, 6.45) is 2.29. The van der Waals surface area contributed by atoms with Crippen LogP contribution in [0.5, 0.6) is 5.75 Å². The highest BCUT2D eigenvalue weighted by Crippen LogP contribution is 2.66. The van der Waals surface area contributed by atoms with Crippen molar-refractivity contribution in [3.05, 3.63) is 35.7 Å². The zero-order valence-corrected chi connectivity index (χ0v) is 16.9. The summed E-state index contributed by atoms with van der Waals surface area (Å²) in [6, 6.07) is 7.30. The third-order valence-corrected chi connectivity index (χ3v) is 7.30. The summed E-state index contributed by atoms with van der Waals surface area (Å²) in [4.78, 5) is 17.1. The summed E-state index contributed by atoms with van der Waals surface area (Å²) in [5.74, 6) is 1.28. The summed E-state index contributed by atoms with van der Waals surface area (Å²) < 4.78 is 5.17. The van der Waals surface area contributed by atoms with Crippen molar-refractivity contribution in [3.63, 3.8) is 0 Å². The van der Waals surface area contributed by atoms with Crippen molar-refractivity contribution in [2.75, 3.05) is 18.2 Å². The molecule has 1 aromatic carbocycles. The lowest BCUT2D eigenvalue weighted by Gasteiger charge is -2.33. The van der Waals surface area contributed by atoms with Gasteiger partial charge in [0.25, 0.3) is 0 Å². The van der Waals surface area contributed by atoms with E-state index in [1.165, 1.54) is 11.8 Å². The standard InChI is InChI=1S/C20H24N4O2S/c1-19(2)14-8-9-20(19,3)17-16(14)23-24-18(22-17)27-11-15(25)21-12-6-5-7-13(10-12)26-4/h5-7,10,14H,8-9,11H2,1-4H3,(H,21,25). The van der Waals surface area contributed by atoms with Gasteiger partial charge in [0.2, 0.25) is 11.1 Å². The first-order valence-corrected chi connectivity index (χ1v) is 10.2. The number of hydrogen-bond donors (Lipinski definition) is 1. The molecule has 0 aliphatic heterocycles. The van der Waals surface area contributed by atoms with E-state index in [0.29, 0.717) is 22.5 Å². The largest absolute Gasteiger partial charge is 0.497 e. The molecule has 142 valence electrons. The SMILES string of the molecule is COc1cccc(NC(=O)CSc2nnc3c(n2)C2(C)CCC3C2(C)C)c1. The molecule has 1 fully saturated rings. The molecule has 4 rings (SSSR count). The monoisotopic (exact) mass is 384 g/mol. The van der Waals surface area contributed by atoms with Crippen molar-refractivity contribution in [1.29, 1.82) is 0 Å². The van der Waals surface area contributed by atoms with Crippen molar-refractivity contribution in [1.82, 2.24) is 15.2 Å². The molecule has 2 bridgehead atoms. The molecule has 0 radical (unpaired) electrons. The molecule has 1 aromatic heterocycles. The number of nitrogens with zero attached hydrogens (tertiary/aromatic N) is 3. The van der Waals surface area contributed by atoms with Gasteiger partial charge < -0.3 is 10.1 Å². The number of amides is 1. The van der Waals surface area contributed by atoms with Gasteiger partial charge in [0.1, 0.15) is 5.75 Å². The van der Waals surface area contributed by atoms with E-state index < -0.39 is 0 Å². The molecule has 2 unspecified atom stereocenters. The van der Waals surface area contributed by atoms with E-state index in [9.17, 15) is 4.79 Å². The molecule has 2 aliphatic rings. The Morgan fingerprint density at radius 1 is 1.33 bits per heavy atom. The van der Waals surface area contributed by atoms with E-state index in [1.54, 1.807) is 13.2 Å². The van der Waals surface area contributed by atoms with E-state index >= 15 is 0 Å². The van der Waals surface area contributed by atoms with Crippen LogP contribution in [0.2, 0.25) is 0 Å². The van der Waals surface area contributed by atoms with Crippen LogP contribution < -0.4 is 10.1 Å². The van der Waals surface area contributed by atoms with Crippen LogP contribution in [0.3, 0.4) is 0 Å². The highest BCUT2D eigenvalue weighted by Gasteiger charge is 2.61. The van der Waals surface area contributed by atoms with E-state index in [2.05, 4.69) is 36.3 Å². The summed E-state index contributed by atoms with van der Waals surface area (Å²) in [5, 5.41) is 12.2. The minimum atomic E-state index is -0.106. The number of nitrogens with one attached hydrogen (secondary N) is 1. The maximum Gasteiger partial charge on any atom is 0.234 e. The second-order valence-corrected chi connectivity index (χ2v) is 8.98. The average molecular weight is 385 g/mol. The van der Waals surface area contributed by atoms with Gasteiger partial charge in [0, 0.05) is 23.1 Å². The Labute approximate surface area is 163 Å². The minimum Gasteiger partial charge on any atom is -0.497 e. The summed E-state index contributed by atoms with van der Waals surface area (Å²) in [5.41, 5.74) is 3.04. The number of aromatic nitrogens is 3. The van der Waals surface area contributed by atoms with Gasteiger partial charge in [-0.05, 0) is 30.4 Å². The van der Waals surface area contributed by atoms with Crippen LogP contribution in [-0.2, 0) is 10.2 Å². The van der Waals surface area contributed by atoms with Crippen LogP contribution in [0.4, 0.5) is 5.69 Å². The molecule has 0 spiro atoms. The Balaban J connectivity index is 1.44. The number of methoxy groups -OCH3 is 1. The van der Waals surface area contributed by atoms with Gasteiger partial charge in [0.15, 0.2) is 0 Å². The fourth-order valence-corrected chi connectivity index (χ4v) is 5.04. The van der Waals surface area contributed by atoms with E-state index in [1.807, 2.05) is 18.2 Å². The van der Waals surface area contributed by atoms with Crippen LogP contribution in [0.25, 0.3) is 0 Å². The molecule has 2 aromatic rings. The predicted octanol–water partition coefficient (Wildman–Crippen LogP) is 3.79. The van der Waals surface area contributed by atoms with Crippen molar-refractivity contribution >= 4 is 23.4 Å². The fourth-order valence-electron chi connectivity index (χ4n) is 4.45. The Morgan fingerprint density at radius 2 is 2.15 bits per heavy atom. The van der Waals surface area contributed by atoms with Crippen molar-refractivity contribution in [2.45, 2.75) is 50.1 Å². The van der Waals surface area contributed by atoms with Gasteiger partial charge in [0.05, 0.1) is 24.3 Å². The summed E-state index contributed by atoms with van der Waals surface area (Å²) in [7, 11) is 1.60. The zero-order valence-electron chi connectivity index (χ0n) is 16.1. The van der Waals surface area contributed by atoms with Crippen LogP contribution >= 0.6 is 11.8 Å². The first-order valence-electron chi connectivity index (χ1n) is 9.17. The van der Waals surface area contributed by atoms with E-state index in [0.717, 1.165) is 24.2 Å². The first-order chi connectivity index (χ1) is 12.8. The number of ether oxygens (including phenoxy) is 1. The van der Waals surface area contributed by atoms with Crippen molar-refractivity contribution < 1.29 is 9.53 Å². The molecule has 1 saturated carbocycles. The number of benzene rings is 1. The number of rotatable bonds is 5. The Bertz CT molecular complexity index is 901. The zero-order chi connectivity index (χ0) is 19.2. The smallest absolute Gasteiger partial charge is 0.234 e. The molecule has 2 aliphatic carbocycles. The summed E-state index contributed by atoms with van der Waals surface area (Å²) >= 11 is 1.32. The molecule has 1 heterocycles. The molecule has 7 heteroatoms. The quantitative estimate of drug-likeness (QED) is 0.791. The molecule has 27 heavy (non-hydrogen) atoms. The van der Waals surface area contributed by atoms with Gasteiger partial charge in [-0.15, -0.1) is 5.10 Å². The maximum atomic E-state index is 12.3. The molecule has 6 nitrogen and oxygen atoms in total. The Morgan fingerprint density at radius 3 is 2.93 bits per heavy atom. The highest BCUT2D eigenvalue weighted by atomic mass is 32.2. The maximum absolute atomic E-state index is 12.3. The Hall–Kier alpha value is -2.15. The number of carbonyl (C=O) groups is 1. The van der Waals surface area contributed by atoms with Gasteiger partial charge in [-0.2, -0.15) is 5.10 Å². The Kier molecular flexibility index (Phi) is 4.37. The van der Waals surface area contributed by atoms with Gasteiger partial charge in [-0.25, -0.2) is 4.98 Å². The first kappa shape index (κ1) is 18.2.